The SMILES string of the molecule is CCC(C)n1ccc(CC(NC)c2cccc(C)c2C)n1. The molecular weight excluding hydrogens is 258 g/mol. The fourth-order valence-corrected chi connectivity index (χ4v) is 2.65. The van der Waals surface area contributed by atoms with Gasteiger partial charge in [0, 0.05) is 24.7 Å². The molecule has 0 aliphatic heterocycles. The molecule has 2 atom stereocenters. The monoisotopic (exact) mass is 285 g/mol. The van der Waals surface area contributed by atoms with E-state index in [0.717, 1.165) is 18.5 Å². The van der Waals surface area contributed by atoms with Crippen LogP contribution < -0.4 is 5.32 Å². The molecular formula is C18H27N3. The molecule has 0 saturated carbocycles. The van der Waals surface area contributed by atoms with Crippen LogP contribution in [0.25, 0.3) is 0 Å². The first kappa shape index (κ1) is 15.8. The maximum atomic E-state index is 4.72. The Labute approximate surface area is 128 Å². The van der Waals surface area contributed by atoms with E-state index in [-0.39, 0.29) is 0 Å². The van der Waals surface area contributed by atoms with Crippen LogP contribution in [-0.2, 0) is 6.42 Å². The van der Waals surface area contributed by atoms with Crippen LogP contribution in [0, 0.1) is 13.8 Å². The van der Waals surface area contributed by atoms with Gasteiger partial charge in [-0.1, -0.05) is 25.1 Å². The fourth-order valence-electron chi connectivity index (χ4n) is 2.65. The predicted octanol–water partition coefficient (Wildman–Crippen LogP) is 3.97. The lowest BCUT2D eigenvalue weighted by Crippen LogP contribution is -2.20. The van der Waals surface area contributed by atoms with E-state index in [4.69, 9.17) is 5.10 Å². The molecule has 0 fully saturated rings. The van der Waals surface area contributed by atoms with E-state index < -0.39 is 0 Å². The molecule has 1 aromatic carbocycles. The quantitative estimate of drug-likeness (QED) is 0.870. The summed E-state index contributed by atoms with van der Waals surface area (Å²) in [6.45, 7) is 8.77. The zero-order valence-corrected chi connectivity index (χ0v) is 13.9. The molecule has 21 heavy (non-hydrogen) atoms. The summed E-state index contributed by atoms with van der Waals surface area (Å²) < 4.78 is 2.07. The standard InChI is InChI=1S/C18H27N3/c1-6-14(3)21-11-10-16(20-21)12-18(19-5)17-9-7-8-13(2)15(17)4/h7-11,14,18-19H,6,12H2,1-5H3. The number of nitrogens with zero attached hydrogens (tertiary/aromatic N) is 2. The molecule has 0 amide bonds. The molecule has 2 rings (SSSR count). The summed E-state index contributed by atoms with van der Waals surface area (Å²) in [7, 11) is 2.03. The first-order valence-corrected chi connectivity index (χ1v) is 7.84. The highest BCUT2D eigenvalue weighted by Gasteiger charge is 2.15. The van der Waals surface area contributed by atoms with Crippen molar-refractivity contribution < 1.29 is 0 Å². The molecule has 1 aromatic heterocycles. The number of aryl methyl sites for hydroxylation is 1. The van der Waals surface area contributed by atoms with Crippen LogP contribution in [0.1, 0.15) is 54.7 Å². The number of aromatic nitrogens is 2. The molecule has 0 radical (unpaired) electrons. The molecule has 0 aliphatic rings. The molecule has 0 bridgehead atoms. The van der Waals surface area contributed by atoms with Crippen LogP contribution in [-0.4, -0.2) is 16.8 Å². The summed E-state index contributed by atoms with van der Waals surface area (Å²) in [6.07, 6.45) is 4.12. The molecule has 1 N–H and O–H groups in total. The van der Waals surface area contributed by atoms with Crippen molar-refractivity contribution in [1.29, 1.82) is 0 Å². The van der Waals surface area contributed by atoms with Crippen molar-refractivity contribution >= 4 is 0 Å². The maximum absolute atomic E-state index is 4.72. The molecule has 1 heterocycles. The second kappa shape index (κ2) is 6.90. The van der Waals surface area contributed by atoms with Gasteiger partial charge in [0.25, 0.3) is 0 Å². The van der Waals surface area contributed by atoms with E-state index in [2.05, 4.69) is 68.2 Å². The Morgan fingerprint density at radius 3 is 2.67 bits per heavy atom. The number of likely N-dealkylation sites (N-methyl/N-ethyl adjacent to an activating group) is 1. The Morgan fingerprint density at radius 1 is 1.24 bits per heavy atom. The third-order valence-electron chi connectivity index (χ3n) is 4.49. The lowest BCUT2D eigenvalue weighted by atomic mass is 9.95. The van der Waals surface area contributed by atoms with Crippen molar-refractivity contribution in [3.63, 3.8) is 0 Å². The van der Waals surface area contributed by atoms with Crippen molar-refractivity contribution in [2.75, 3.05) is 7.05 Å². The molecule has 2 aromatic rings. The Balaban J connectivity index is 2.19. The molecule has 3 nitrogen and oxygen atoms in total. The lowest BCUT2D eigenvalue weighted by molar-refractivity contribution is 0.469. The average molecular weight is 285 g/mol. The van der Waals surface area contributed by atoms with E-state index in [9.17, 15) is 0 Å². The van der Waals surface area contributed by atoms with Crippen molar-refractivity contribution in [1.82, 2.24) is 15.1 Å². The van der Waals surface area contributed by atoms with E-state index in [1.807, 2.05) is 7.05 Å². The van der Waals surface area contributed by atoms with Crippen LogP contribution in [0.3, 0.4) is 0 Å². The van der Waals surface area contributed by atoms with Gasteiger partial charge in [0.05, 0.1) is 5.69 Å². The minimum Gasteiger partial charge on any atom is -0.313 e. The van der Waals surface area contributed by atoms with Crippen molar-refractivity contribution in [3.05, 3.63) is 52.8 Å². The first-order valence-electron chi connectivity index (χ1n) is 7.84. The second-order valence-corrected chi connectivity index (χ2v) is 5.88. The summed E-state index contributed by atoms with van der Waals surface area (Å²) in [4.78, 5) is 0. The molecule has 114 valence electrons. The zero-order valence-electron chi connectivity index (χ0n) is 13.9. The number of benzene rings is 1. The zero-order chi connectivity index (χ0) is 15.4. The summed E-state index contributed by atoms with van der Waals surface area (Å²) in [5, 5.41) is 8.16. The summed E-state index contributed by atoms with van der Waals surface area (Å²) in [5.74, 6) is 0. The molecule has 2 unspecified atom stereocenters. The van der Waals surface area contributed by atoms with Crippen molar-refractivity contribution in [2.24, 2.45) is 0 Å². The van der Waals surface area contributed by atoms with Crippen LogP contribution >= 0.6 is 0 Å². The van der Waals surface area contributed by atoms with Gasteiger partial charge in [-0.15, -0.1) is 0 Å². The smallest absolute Gasteiger partial charge is 0.0643 e. The van der Waals surface area contributed by atoms with E-state index in [0.29, 0.717) is 12.1 Å². The highest BCUT2D eigenvalue weighted by atomic mass is 15.3. The molecule has 0 saturated heterocycles. The lowest BCUT2D eigenvalue weighted by Gasteiger charge is -2.19. The van der Waals surface area contributed by atoms with Crippen LogP contribution in [0.4, 0.5) is 0 Å². The Kier molecular flexibility index (Phi) is 5.18. The van der Waals surface area contributed by atoms with Crippen molar-refractivity contribution in [3.8, 4) is 0 Å². The van der Waals surface area contributed by atoms with Gasteiger partial charge in [-0.05, 0) is 57.0 Å². The summed E-state index contributed by atoms with van der Waals surface area (Å²) >= 11 is 0. The van der Waals surface area contributed by atoms with E-state index in [1.54, 1.807) is 0 Å². The van der Waals surface area contributed by atoms with Crippen LogP contribution in [0.15, 0.2) is 30.5 Å². The fraction of sp³-hybridized carbons (Fsp3) is 0.500. The Morgan fingerprint density at radius 2 is 2.00 bits per heavy atom. The van der Waals surface area contributed by atoms with Gasteiger partial charge in [0.1, 0.15) is 0 Å². The van der Waals surface area contributed by atoms with Crippen LogP contribution in [0.2, 0.25) is 0 Å². The Hall–Kier alpha value is -1.61. The minimum atomic E-state index is 0.310. The Bertz CT molecular complexity index is 586. The van der Waals surface area contributed by atoms with Crippen LogP contribution in [0.5, 0.6) is 0 Å². The largest absolute Gasteiger partial charge is 0.313 e. The maximum Gasteiger partial charge on any atom is 0.0643 e. The number of rotatable bonds is 6. The highest BCUT2D eigenvalue weighted by Crippen LogP contribution is 2.23. The predicted molar refractivity (Wildman–Crippen MR) is 88.6 cm³/mol. The third kappa shape index (κ3) is 3.53. The number of hydrogen-bond acceptors (Lipinski definition) is 2. The molecule has 3 heteroatoms. The van der Waals surface area contributed by atoms with Gasteiger partial charge in [0.15, 0.2) is 0 Å². The topological polar surface area (TPSA) is 29.9 Å². The summed E-state index contributed by atoms with van der Waals surface area (Å²) in [6, 6.07) is 9.44. The second-order valence-electron chi connectivity index (χ2n) is 5.88. The van der Waals surface area contributed by atoms with Gasteiger partial charge in [-0.3, -0.25) is 4.68 Å². The van der Waals surface area contributed by atoms with Gasteiger partial charge >= 0.3 is 0 Å². The van der Waals surface area contributed by atoms with Gasteiger partial charge in [-0.2, -0.15) is 5.10 Å². The van der Waals surface area contributed by atoms with E-state index in [1.165, 1.54) is 16.7 Å². The normalized spacial score (nSPS) is 14.1. The highest BCUT2D eigenvalue weighted by molar-refractivity contribution is 5.35. The van der Waals surface area contributed by atoms with Gasteiger partial charge < -0.3 is 5.32 Å². The third-order valence-corrected chi connectivity index (χ3v) is 4.49. The number of hydrogen-bond donors (Lipinski definition) is 1. The number of nitrogens with one attached hydrogen (secondary N) is 1. The summed E-state index contributed by atoms with van der Waals surface area (Å²) in [5.41, 5.74) is 5.24. The van der Waals surface area contributed by atoms with Crippen molar-refractivity contribution in [2.45, 2.75) is 52.6 Å². The van der Waals surface area contributed by atoms with Gasteiger partial charge in [0.2, 0.25) is 0 Å². The van der Waals surface area contributed by atoms with E-state index >= 15 is 0 Å². The molecule has 0 spiro atoms. The minimum absolute atomic E-state index is 0.310. The average Bonchev–Trinajstić information content (AvgIpc) is 2.95. The first-order chi connectivity index (χ1) is 10.1. The van der Waals surface area contributed by atoms with Gasteiger partial charge in [-0.25, -0.2) is 0 Å². The molecule has 0 aliphatic carbocycles.